The van der Waals surface area contributed by atoms with Gasteiger partial charge in [-0.05, 0) is 5.56 Å². The van der Waals surface area contributed by atoms with Crippen molar-refractivity contribution in [3.05, 3.63) is 75.2 Å². The molecular weight excluding hydrogens is 326 g/mol. The molecule has 2 aromatic heterocycles. The smallest absolute Gasteiger partial charge is 0.285 e. The van der Waals surface area contributed by atoms with Gasteiger partial charge in [0.2, 0.25) is 0 Å². The first-order chi connectivity index (χ1) is 11.7. The minimum absolute atomic E-state index is 0.178. The van der Waals surface area contributed by atoms with E-state index in [9.17, 15) is 4.79 Å². The van der Waals surface area contributed by atoms with Gasteiger partial charge in [-0.2, -0.15) is 5.10 Å². The van der Waals surface area contributed by atoms with Gasteiger partial charge < -0.3 is 9.47 Å². The topological polar surface area (TPSA) is 66.8 Å². The average Bonchev–Trinajstić information content (AvgIpc) is 3.00. The van der Waals surface area contributed by atoms with Gasteiger partial charge in [-0.3, -0.25) is 4.79 Å². The van der Waals surface area contributed by atoms with Gasteiger partial charge in [-0.25, -0.2) is 10.1 Å². The number of rotatable bonds is 3. The lowest BCUT2D eigenvalue weighted by molar-refractivity contribution is 0.660. The number of nitrogens with one attached hydrogen (secondary N) is 1. The molecule has 1 N–H and O–H groups in total. The Morgan fingerprint density at radius 2 is 2.08 bits per heavy atom. The van der Waals surface area contributed by atoms with Crippen LogP contribution in [0.15, 0.2) is 47.7 Å². The van der Waals surface area contributed by atoms with Crippen molar-refractivity contribution in [2.45, 2.75) is 19.5 Å². The summed E-state index contributed by atoms with van der Waals surface area (Å²) in [4.78, 5) is 18.2. The molecule has 24 heavy (non-hydrogen) atoms. The van der Waals surface area contributed by atoms with E-state index >= 15 is 0 Å². The first-order valence-electron chi connectivity index (χ1n) is 7.77. The van der Waals surface area contributed by atoms with Crippen LogP contribution in [0, 0.1) is 0 Å². The molecule has 1 aliphatic heterocycles. The van der Waals surface area contributed by atoms with Crippen molar-refractivity contribution in [3.63, 3.8) is 0 Å². The van der Waals surface area contributed by atoms with E-state index in [1.807, 2.05) is 29.4 Å². The fourth-order valence-electron chi connectivity index (χ4n) is 3.09. The van der Waals surface area contributed by atoms with E-state index in [0.717, 1.165) is 25.2 Å². The van der Waals surface area contributed by atoms with Gasteiger partial charge in [-0.15, -0.1) is 0 Å². The van der Waals surface area contributed by atoms with Crippen molar-refractivity contribution in [2.24, 2.45) is 0 Å². The molecule has 1 aromatic carbocycles. The van der Waals surface area contributed by atoms with Gasteiger partial charge >= 0.3 is 0 Å². The second-order valence-electron chi connectivity index (χ2n) is 5.82. The van der Waals surface area contributed by atoms with Crippen LogP contribution in [0.3, 0.4) is 0 Å². The summed E-state index contributed by atoms with van der Waals surface area (Å²) >= 11 is 6.12. The number of fused-ring (bicyclic) bond motifs is 1. The second-order valence-corrected chi connectivity index (χ2v) is 6.20. The standard InChI is InChI=1S/C17H16ClN5O/c18-16-15(8-20-21-17(16)24)22-7-6-14-13(10-22)19-11-23(14)9-12-4-2-1-3-5-12/h1-5,8,11H,6-7,9-10H2,(H,21,24). The third-order valence-electron chi connectivity index (χ3n) is 4.31. The third kappa shape index (κ3) is 2.69. The lowest BCUT2D eigenvalue weighted by Crippen LogP contribution is -2.32. The van der Waals surface area contributed by atoms with Crippen molar-refractivity contribution in [2.75, 3.05) is 11.4 Å². The molecule has 0 bridgehead atoms. The van der Waals surface area contributed by atoms with E-state index in [1.54, 1.807) is 6.20 Å². The van der Waals surface area contributed by atoms with E-state index in [-0.39, 0.29) is 10.6 Å². The summed E-state index contributed by atoms with van der Waals surface area (Å²) in [5.74, 6) is 0. The minimum atomic E-state index is -0.366. The Bertz CT molecular complexity index is 918. The predicted molar refractivity (Wildman–Crippen MR) is 92.4 cm³/mol. The van der Waals surface area contributed by atoms with E-state index in [4.69, 9.17) is 11.6 Å². The number of aromatic nitrogens is 4. The summed E-state index contributed by atoms with van der Waals surface area (Å²) in [5.41, 5.74) is 3.80. The quantitative estimate of drug-likeness (QED) is 0.793. The van der Waals surface area contributed by atoms with Crippen molar-refractivity contribution >= 4 is 17.3 Å². The maximum absolute atomic E-state index is 11.6. The van der Waals surface area contributed by atoms with Crippen molar-refractivity contribution in [1.29, 1.82) is 0 Å². The van der Waals surface area contributed by atoms with Crippen LogP contribution in [0.1, 0.15) is 17.0 Å². The van der Waals surface area contributed by atoms with E-state index < -0.39 is 0 Å². The van der Waals surface area contributed by atoms with Crippen molar-refractivity contribution in [1.82, 2.24) is 19.7 Å². The van der Waals surface area contributed by atoms with E-state index in [1.165, 1.54) is 11.3 Å². The first kappa shape index (κ1) is 15.0. The Kier molecular flexibility index (Phi) is 3.82. The molecule has 6 nitrogen and oxygen atoms in total. The number of anilines is 1. The molecular formula is C17H16ClN5O. The molecule has 0 atom stereocenters. The molecule has 4 rings (SSSR count). The summed E-state index contributed by atoms with van der Waals surface area (Å²) < 4.78 is 2.19. The summed E-state index contributed by atoms with van der Waals surface area (Å²) in [7, 11) is 0. The van der Waals surface area contributed by atoms with Gasteiger partial charge in [-0.1, -0.05) is 41.9 Å². The van der Waals surface area contributed by atoms with Crippen LogP contribution in [0.2, 0.25) is 5.02 Å². The highest BCUT2D eigenvalue weighted by molar-refractivity contribution is 6.32. The van der Waals surface area contributed by atoms with Gasteiger partial charge in [0.05, 0.1) is 30.5 Å². The van der Waals surface area contributed by atoms with E-state index in [2.05, 4.69) is 31.9 Å². The summed E-state index contributed by atoms with van der Waals surface area (Å²) in [6, 6.07) is 10.3. The minimum Gasteiger partial charge on any atom is -0.362 e. The van der Waals surface area contributed by atoms with Gasteiger partial charge in [0.1, 0.15) is 5.02 Å². The molecule has 3 heterocycles. The molecule has 1 aliphatic rings. The summed E-state index contributed by atoms with van der Waals surface area (Å²) in [5, 5.41) is 6.37. The van der Waals surface area contributed by atoms with Crippen molar-refractivity contribution in [3.8, 4) is 0 Å². The number of nitrogens with zero attached hydrogens (tertiary/aromatic N) is 4. The molecule has 0 unspecified atom stereocenters. The Morgan fingerprint density at radius 1 is 1.25 bits per heavy atom. The predicted octanol–water partition coefficient (Wildman–Crippen LogP) is 2.23. The number of H-pyrrole nitrogens is 1. The number of hydrogen-bond donors (Lipinski definition) is 1. The average molecular weight is 342 g/mol. The maximum atomic E-state index is 11.6. The Labute approximate surface area is 143 Å². The highest BCUT2D eigenvalue weighted by atomic mass is 35.5. The third-order valence-corrected chi connectivity index (χ3v) is 4.67. The Morgan fingerprint density at radius 3 is 2.92 bits per heavy atom. The second kappa shape index (κ2) is 6.13. The highest BCUT2D eigenvalue weighted by Crippen LogP contribution is 2.27. The number of benzene rings is 1. The lowest BCUT2D eigenvalue weighted by Gasteiger charge is -2.29. The van der Waals surface area contributed by atoms with Crippen LogP contribution in [0.5, 0.6) is 0 Å². The first-order valence-corrected chi connectivity index (χ1v) is 8.15. The number of hydrogen-bond acceptors (Lipinski definition) is 4. The molecule has 0 saturated heterocycles. The molecule has 0 amide bonds. The van der Waals surface area contributed by atoms with Gasteiger partial charge in [0.15, 0.2) is 0 Å². The zero-order valence-corrected chi connectivity index (χ0v) is 13.7. The highest BCUT2D eigenvalue weighted by Gasteiger charge is 2.23. The fraction of sp³-hybridized carbons (Fsp3) is 0.235. The van der Waals surface area contributed by atoms with Crippen LogP contribution in [-0.4, -0.2) is 26.3 Å². The van der Waals surface area contributed by atoms with E-state index in [0.29, 0.717) is 12.2 Å². The molecule has 3 aromatic rings. The van der Waals surface area contributed by atoms with Crippen molar-refractivity contribution < 1.29 is 0 Å². The normalized spacial score (nSPS) is 13.8. The molecule has 0 spiro atoms. The SMILES string of the molecule is O=c1[nH]ncc(N2CCc3c(ncn3Cc3ccccc3)C2)c1Cl. The number of aromatic amines is 1. The Hall–Kier alpha value is -2.60. The number of halogens is 1. The van der Waals surface area contributed by atoms with Gasteiger partial charge in [0.25, 0.3) is 5.56 Å². The van der Waals surface area contributed by atoms with Crippen LogP contribution < -0.4 is 10.5 Å². The lowest BCUT2D eigenvalue weighted by atomic mass is 10.1. The fourth-order valence-corrected chi connectivity index (χ4v) is 3.30. The van der Waals surface area contributed by atoms with Crippen LogP contribution in [0.25, 0.3) is 0 Å². The van der Waals surface area contributed by atoms with Crippen LogP contribution in [0.4, 0.5) is 5.69 Å². The molecule has 0 aliphatic carbocycles. The zero-order chi connectivity index (χ0) is 16.5. The van der Waals surface area contributed by atoms with Crippen LogP contribution >= 0.6 is 11.6 Å². The largest absolute Gasteiger partial charge is 0.362 e. The molecule has 0 fully saturated rings. The monoisotopic (exact) mass is 341 g/mol. The van der Waals surface area contributed by atoms with Crippen LogP contribution in [-0.2, 0) is 19.5 Å². The summed E-state index contributed by atoms with van der Waals surface area (Å²) in [6.07, 6.45) is 4.33. The Balaban J connectivity index is 1.59. The summed E-state index contributed by atoms with van der Waals surface area (Å²) in [6.45, 7) is 2.22. The molecule has 0 saturated carbocycles. The zero-order valence-electron chi connectivity index (χ0n) is 12.9. The maximum Gasteiger partial charge on any atom is 0.285 e. The molecule has 7 heteroatoms. The number of imidazole rings is 1. The molecule has 0 radical (unpaired) electrons. The molecule has 122 valence electrons. The van der Waals surface area contributed by atoms with Gasteiger partial charge in [0, 0.05) is 25.2 Å².